The molecule has 1 aliphatic heterocycles. The van der Waals surface area contributed by atoms with Crippen molar-refractivity contribution in [3.05, 3.63) is 17.1 Å². The first-order valence-electron chi connectivity index (χ1n) is 7.59. The molecule has 0 radical (unpaired) electrons. The first kappa shape index (κ1) is 18.0. The highest BCUT2D eigenvalue weighted by Gasteiger charge is 2.34. The second-order valence-corrected chi connectivity index (χ2v) is 8.00. The van der Waals surface area contributed by atoms with E-state index >= 15 is 0 Å². The number of methoxy groups -OCH3 is 1. The van der Waals surface area contributed by atoms with Crippen LogP contribution in [-0.4, -0.2) is 41.1 Å². The van der Waals surface area contributed by atoms with Gasteiger partial charge in [-0.25, -0.2) is 17.9 Å². The number of sulfonamides is 1. The number of nitrogens with one attached hydrogen (secondary N) is 2. The molecular weight excluding hydrogens is 320 g/mol. The minimum atomic E-state index is -3.86. The molecule has 1 aliphatic rings. The van der Waals surface area contributed by atoms with Crippen LogP contribution in [0.3, 0.4) is 0 Å². The predicted molar refractivity (Wildman–Crippen MR) is 84.9 cm³/mol. The number of rotatable bonds is 5. The Hall–Kier alpha value is -1.38. The van der Waals surface area contributed by atoms with Crippen LogP contribution >= 0.6 is 0 Å². The number of carbonyl (C=O) groups is 1. The van der Waals surface area contributed by atoms with Crippen LogP contribution in [0.2, 0.25) is 0 Å². The Morgan fingerprint density at radius 1 is 1.30 bits per heavy atom. The third-order valence-electron chi connectivity index (χ3n) is 4.36. The van der Waals surface area contributed by atoms with Gasteiger partial charge in [0.1, 0.15) is 22.0 Å². The minimum Gasteiger partial charge on any atom is -0.465 e. The maximum absolute atomic E-state index is 12.7. The highest BCUT2D eigenvalue weighted by Crippen LogP contribution is 2.30. The van der Waals surface area contributed by atoms with Gasteiger partial charge in [-0.05, 0) is 45.2 Å². The Morgan fingerprint density at radius 3 is 2.48 bits per heavy atom. The quantitative estimate of drug-likeness (QED) is 0.783. The van der Waals surface area contributed by atoms with Gasteiger partial charge in [0.05, 0.1) is 7.11 Å². The zero-order valence-corrected chi connectivity index (χ0v) is 14.8. The van der Waals surface area contributed by atoms with E-state index in [9.17, 15) is 13.2 Å². The van der Waals surface area contributed by atoms with Crippen LogP contribution in [-0.2, 0) is 14.8 Å². The third kappa shape index (κ3) is 3.76. The summed E-state index contributed by atoms with van der Waals surface area (Å²) in [5.41, 5.74) is -0.135. The lowest BCUT2D eigenvalue weighted by Crippen LogP contribution is -2.43. The van der Waals surface area contributed by atoms with E-state index in [-0.39, 0.29) is 27.4 Å². The normalized spacial score (nSPS) is 17.9. The van der Waals surface area contributed by atoms with E-state index in [1.165, 1.54) is 14.0 Å². The maximum atomic E-state index is 12.7. The smallest absolute Gasteiger partial charge is 0.342 e. The standard InChI is InChI=1S/C15H24N2O5S/c1-10-12(14(18)21-4)13(11(2)22-10)23(19,20)17-9-15(3)5-7-16-8-6-15/h16-17H,5-9H2,1-4H3. The Bertz CT molecular complexity index is 687. The van der Waals surface area contributed by atoms with Gasteiger partial charge in [-0.1, -0.05) is 6.92 Å². The first-order valence-corrected chi connectivity index (χ1v) is 9.07. The summed E-state index contributed by atoms with van der Waals surface area (Å²) in [6.45, 7) is 7.20. The lowest BCUT2D eigenvalue weighted by Gasteiger charge is -2.34. The second-order valence-electron chi connectivity index (χ2n) is 6.30. The molecule has 0 bridgehead atoms. The van der Waals surface area contributed by atoms with Crippen molar-refractivity contribution in [2.75, 3.05) is 26.7 Å². The molecule has 0 aromatic carbocycles. The van der Waals surface area contributed by atoms with Crippen molar-refractivity contribution in [1.82, 2.24) is 10.0 Å². The van der Waals surface area contributed by atoms with Gasteiger partial charge in [0.25, 0.3) is 0 Å². The summed E-state index contributed by atoms with van der Waals surface area (Å²) in [4.78, 5) is 11.8. The number of hydrogen-bond acceptors (Lipinski definition) is 6. The lowest BCUT2D eigenvalue weighted by molar-refractivity contribution is 0.0595. The Balaban J connectivity index is 2.28. The number of hydrogen-bond donors (Lipinski definition) is 2. The molecule has 0 aliphatic carbocycles. The largest absolute Gasteiger partial charge is 0.465 e. The topological polar surface area (TPSA) is 97.6 Å². The number of ether oxygens (including phenoxy) is 1. The van der Waals surface area contributed by atoms with Crippen molar-refractivity contribution >= 4 is 16.0 Å². The van der Waals surface area contributed by atoms with Crippen LogP contribution in [0.4, 0.5) is 0 Å². The molecule has 2 heterocycles. The minimum absolute atomic E-state index is 0.0343. The summed E-state index contributed by atoms with van der Waals surface area (Å²) in [5, 5.41) is 3.26. The molecule has 1 saturated heterocycles. The summed E-state index contributed by atoms with van der Waals surface area (Å²) in [7, 11) is -2.65. The number of piperidine rings is 1. The summed E-state index contributed by atoms with van der Waals surface area (Å²) in [6.07, 6.45) is 1.78. The predicted octanol–water partition coefficient (Wildman–Crippen LogP) is 1.35. The van der Waals surface area contributed by atoms with Crippen molar-refractivity contribution in [3.8, 4) is 0 Å². The van der Waals surface area contributed by atoms with Crippen molar-refractivity contribution in [1.29, 1.82) is 0 Å². The van der Waals surface area contributed by atoms with Gasteiger partial charge in [-0.15, -0.1) is 0 Å². The summed E-state index contributed by atoms with van der Waals surface area (Å²) < 4.78 is 38.1. The molecule has 1 aromatic heterocycles. The van der Waals surface area contributed by atoms with E-state index in [0.29, 0.717) is 6.54 Å². The van der Waals surface area contributed by atoms with Crippen molar-refractivity contribution < 1.29 is 22.4 Å². The zero-order chi connectivity index (χ0) is 17.3. The maximum Gasteiger partial charge on any atom is 0.342 e. The molecular formula is C15H24N2O5S. The molecule has 2 rings (SSSR count). The van der Waals surface area contributed by atoms with Gasteiger partial charge in [-0.2, -0.15) is 0 Å². The Labute approximate surface area is 136 Å². The van der Waals surface area contributed by atoms with Crippen LogP contribution in [0.5, 0.6) is 0 Å². The van der Waals surface area contributed by atoms with Crippen molar-refractivity contribution in [2.45, 2.75) is 38.5 Å². The van der Waals surface area contributed by atoms with E-state index in [4.69, 9.17) is 4.42 Å². The fourth-order valence-corrected chi connectivity index (χ4v) is 4.47. The number of aryl methyl sites for hydroxylation is 2. The highest BCUT2D eigenvalue weighted by atomic mass is 32.2. The van der Waals surface area contributed by atoms with Gasteiger partial charge in [0.15, 0.2) is 0 Å². The van der Waals surface area contributed by atoms with Gasteiger partial charge in [0.2, 0.25) is 10.0 Å². The fourth-order valence-electron chi connectivity index (χ4n) is 2.87. The van der Waals surface area contributed by atoms with Crippen molar-refractivity contribution in [3.63, 3.8) is 0 Å². The van der Waals surface area contributed by atoms with E-state index in [1.54, 1.807) is 6.92 Å². The van der Waals surface area contributed by atoms with E-state index in [2.05, 4.69) is 21.7 Å². The molecule has 0 saturated carbocycles. The second kappa shape index (κ2) is 6.62. The molecule has 2 N–H and O–H groups in total. The van der Waals surface area contributed by atoms with Gasteiger partial charge in [0, 0.05) is 6.54 Å². The molecule has 7 nitrogen and oxygen atoms in total. The average Bonchev–Trinajstić information content (AvgIpc) is 2.81. The van der Waals surface area contributed by atoms with Crippen LogP contribution in [0, 0.1) is 19.3 Å². The Kier molecular flexibility index (Phi) is 5.17. The number of esters is 1. The summed E-state index contributed by atoms with van der Waals surface area (Å²) >= 11 is 0. The molecule has 1 aromatic rings. The van der Waals surface area contributed by atoms with Crippen LogP contribution < -0.4 is 10.0 Å². The van der Waals surface area contributed by atoms with Crippen LogP contribution in [0.25, 0.3) is 0 Å². The highest BCUT2D eigenvalue weighted by molar-refractivity contribution is 7.89. The van der Waals surface area contributed by atoms with Crippen LogP contribution in [0.1, 0.15) is 41.6 Å². The molecule has 1 fully saturated rings. The van der Waals surface area contributed by atoms with Gasteiger partial charge < -0.3 is 14.5 Å². The molecule has 0 amide bonds. The molecule has 0 spiro atoms. The summed E-state index contributed by atoms with van der Waals surface area (Å²) in [6, 6.07) is 0. The lowest BCUT2D eigenvalue weighted by atomic mass is 9.81. The van der Waals surface area contributed by atoms with E-state index in [1.807, 2.05) is 0 Å². The zero-order valence-electron chi connectivity index (χ0n) is 14.0. The van der Waals surface area contributed by atoms with Crippen molar-refractivity contribution in [2.24, 2.45) is 5.41 Å². The molecule has 8 heteroatoms. The number of carbonyl (C=O) groups excluding carboxylic acids is 1. The molecule has 23 heavy (non-hydrogen) atoms. The Morgan fingerprint density at radius 2 is 1.91 bits per heavy atom. The average molecular weight is 344 g/mol. The monoisotopic (exact) mass is 344 g/mol. The van der Waals surface area contributed by atoms with E-state index < -0.39 is 16.0 Å². The molecule has 130 valence electrons. The first-order chi connectivity index (χ1) is 10.7. The SMILES string of the molecule is COC(=O)c1c(C)oc(C)c1S(=O)(=O)NCC1(C)CCNCC1. The van der Waals surface area contributed by atoms with Crippen LogP contribution in [0.15, 0.2) is 9.31 Å². The fraction of sp³-hybridized carbons (Fsp3) is 0.667. The molecule has 0 unspecified atom stereocenters. The molecule has 0 atom stereocenters. The van der Waals surface area contributed by atoms with Gasteiger partial charge >= 0.3 is 5.97 Å². The van der Waals surface area contributed by atoms with Gasteiger partial charge in [-0.3, -0.25) is 0 Å². The summed E-state index contributed by atoms with van der Waals surface area (Å²) in [5.74, 6) is -0.290. The third-order valence-corrected chi connectivity index (χ3v) is 5.92. The number of furan rings is 1. The van der Waals surface area contributed by atoms with E-state index in [0.717, 1.165) is 25.9 Å².